The van der Waals surface area contributed by atoms with E-state index in [1.165, 1.54) is 11.8 Å². The molecule has 1 saturated heterocycles. The van der Waals surface area contributed by atoms with Crippen LogP contribution in [0.1, 0.15) is 21.5 Å². The van der Waals surface area contributed by atoms with Crippen LogP contribution in [-0.4, -0.2) is 61.4 Å². The highest BCUT2D eigenvalue weighted by molar-refractivity contribution is 7.98. The number of aromatic nitrogens is 1. The highest BCUT2D eigenvalue weighted by Gasteiger charge is 2.38. The smallest absolute Gasteiger partial charge is 0.379 e. The fraction of sp³-hybridized carbons (Fsp3) is 0.391. The molecule has 13 heteroatoms. The minimum Gasteiger partial charge on any atom is -0.379 e. The van der Waals surface area contributed by atoms with Crippen molar-refractivity contribution in [1.29, 1.82) is 0 Å². The topological polar surface area (TPSA) is 45.7 Å². The van der Waals surface area contributed by atoms with Crippen molar-refractivity contribution in [2.24, 2.45) is 0 Å². The first-order valence-electron chi connectivity index (χ1n) is 10.8. The van der Waals surface area contributed by atoms with Crippen molar-refractivity contribution in [3.8, 4) is 0 Å². The summed E-state index contributed by atoms with van der Waals surface area (Å²) in [6.07, 6.45) is -8.22. The molecule has 1 aliphatic heterocycles. The van der Waals surface area contributed by atoms with Gasteiger partial charge in [-0.15, -0.1) is 11.8 Å². The number of hydrogen-bond donors (Lipinski definition) is 0. The Hall–Kier alpha value is -2.35. The van der Waals surface area contributed by atoms with Gasteiger partial charge in [0, 0.05) is 36.6 Å². The second-order valence-electron chi connectivity index (χ2n) is 8.04. The average molecular weight is 550 g/mol. The van der Waals surface area contributed by atoms with E-state index in [1.807, 2.05) is 23.3 Å². The van der Waals surface area contributed by atoms with Gasteiger partial charge >= 0.3 is 12.4 Å². The van der Waals surface area contributed by atoms with E-state index in [2.05, 4.69) is 4.98 Å². The number of anilines is 1. The Morgan fingerprint density at radius 1 is 1.06 bits per heavy atom. The van der Waals surface area contributed by atoms with E-state index < -0.39 is 35.0 Å². The number of benzene rings is 2. The zero-order valence-corrected chi connectivity index (χ0v) is 20.6. The van der Waals surface area contributed by atoms with Crippen molar-refractivity contribution >= 4 is 44.4 Å². The Bertz CT molecular complexity index is 1210. The van der Waals surface area contributed by atoms with Gasteiger partial charge in [-0.1, -0.05) is 11.3 Å². The Morgan fingerprint density at radius 3 is 2.28 bits per heavy atom. The molecule has 0 atom stereocenters. The molecule has 0 unspecified atom stereocenters. The van der Waals surface area contributed by atoms with Gasteiger partial charge in [0.2, 0.25) is 0 Å². The maximum absolute atomic E-state index is 13.5. The van der Waals surface area contributed by atoms with Crippen molar-refractivity contribution in [3.05, 3.63) is 53.1 Å². The van der Waals surface area contributed by atoms with Crippen LogP contribution in [0.15, 0.2) is 41.3 Å². The number of alkyl halides is 6. The first-order valence-corrected chi connectivity index (χ1v) is 12.9. The molecule has 0 aliphatic carbocycles. The minimum atomic E-state index is -5.06. The summed E-state index contributed by atoms with van der Waals surface area (Å²) in [6.45, 7) is 2.57. The van der Waals surface area contributed by atoms with Crippen LogP contribution in [0.25, 0.3) is 10.2 Å². The number of morpholine rings is 1. The molecular weight excluding hydrogens is 528 g/mol. The maximum Gasteiger partial charge on any atom is 0.416 e. The highest BCUT2D eigenvalue weighted by atomic mass is 32.2. The van der Waals surface area contributed by atoms with Crippen LogP contribution in [0, 0.1) is 0 Å². The number of carbonyl (C=O) groups excluding carboxylic acids is 1. The number of hydrogen-bond acceptors (Lipinski definition) is 6. The minimum absolute atomic E-state index is 0.0104. The zero-order chi connectivity index (χ0) is 26.1. The molecule has 0 radical (unpaired) electrons. The number of thioether (sulfide) groups is 1. The van der Waals surface area contributed by atoms with Crippen LogP contribution < -0.4 is 4.90 Å². The SMILES string of the molecule is CSc1ccc2nc(N(CCN3CCOCC3)C(=O)c3cc(C(F)(F)F)cc(C(F)(F)F)c3)sc2c1. The lowest BCUT2D eigenvalue weighted by molar-refractivity contribution is -0.143. The van der Waals surface area contributed by atoms with Crippen LogP contribution in [0.3, 0.4) is 0 Å². The van der Waals surface area contributed by atoms with E-state index in [0.717, 1.165) is 25.8 Å². The second-order valence-corrected chi connectivity index (χ2v) is 9.92. The molecule has 1 amide bonds. The molecule has 1 aromatic heterocycles. The van der Waals surface area contributed by atoms with Gasteiger partial charge in [0.05, 0.1) is 34.6 Å². The molecule has 0 spiro atoms. The summed E-state index contributed by atoms with van der Waals surface area (Å²) in [5, 5.41) is 0.201. The number of rotatable bonds is 6. The Balaban J connectivity index is 1.75. The van der Waals surface area contributed by atoms with Crippen LogP contribution in [0.4, 0.5) is 31.5 Å². The molecule has 0 saturated carbocycles. The molecule has 194 valence electrons. The van der Waals surface area contributed by atoms with E-state index in [0.29, 0.717) is 50.5 Å². The largest absolute Gasteiger partial charge is 0.416 e. The van der Waals surface area contributed by atoms with E-state index in [4.69, 9.17) is 4.74 Å². The van der Waals surface area contributed by atoms with E-state index in [-0.39, 0.29) is 17.7 Å². The van der Waals surface area contributed by atoms with Gasteiger partial charge in [0.1, 0.15) is 0 Å². The fourth-order valence-corrected chi connectivity index (χ4v) is 5.26. The molecule has 3 aromatic rings. The number of thiazole rings is 1. The molecule has 36 heavy (non-hydrogen) atoms. The average Bonchev–Trinajstić information content (AvgIpc) is 3.26. The Labute approximate surface area is 211 Å². The van der Waals surface area contributed by atoms with Crippen molar-refractivity contribution in [1.82, 2.24) is 9.88 Å². The van der Waals surface area contributed by atoms with E-state index in [9.17, 15) is 31.1 Å². The monoisotopic (exact) mass is 549 g/mol. The molecule has 1 aliphatic rings. The third-order valence-corrected chi connectivity index (χ3v) is 7.41. The number of halogens is 6. The summed E-state index contributed by atoms with van der Waals surface area (Å²) in [5.74, 6) is -0.982. The zero-order valence-electron chi connectivity index (χ0n) is 18.9. The van der Waals surface area contributed by atoms with Crippen molar-refractivity contribution < 1.29 is 35.9 Å². The molecule has 0 N–H and O–H groups in total. The standard InChI is InChI=1S/C23H21F6N3O2S2/c1-35-17-2-3-18-19(13-17)36-21(30-18)32(5-4-31-6-8-34-9-7-31)20(33)14-10-15(22(24,25)26)12-16(11-14)23(27,28)29/h2-3,10-13H,4-9H2,1H3. The summed E-state index contributed by atoms with van der Waals surface area (Å²) < 4.78 is 86.5. The summed E-state index contributed by atoms with van der Waals surface area (Å²) in [6, 6.07) is 6.40. The van der Waals surface area contributed by atoms with Crippen LogP contribution in [0.2, 0.25) is 0 Å². The molecular formula is C23H21F6N3O2S2. The van der Waals surface area contributed by atoms with E-state index in [1.54, 1.807) is 6.07 Å². The second kappa shape index (κ2) is 10.6. The van der Waals surface area contributed by atoms with Crippen molar-refractivity contribution in [3.63, 3.8) is 0 Å². The lowest BCUT2D eigenvalue weighted by Crippen LogP contribution is -2.43. The lowest BCUT2D eigenvalue weighted by atomic mass is 10.0. The van der Waals surface area contributed by atoms with Gasteiger partial charge in [0.25, 0.3) is 5.91 Å². The number of carbonyl (C=O) groups is 1. The molecule has 5 nitrogen and oxygen atoms in total. The Kier molecular flexibility index (Phi) is 7.83. The fourth-order valence-electron chi connectivity index (χ4n) is 3.72. The van der Waals surface area contributed by atoms with Crippen molar-refractivity contribution in [2.45, 2.75) is 17.2 Å². The van der Waals surface area contributed by atoms with Crippen LogP contribution in [0.5, 0.6) is 0 Å². The molecule has 1 fully saturated rings. The highest BCUT2D eigenvalue weighted by Crippen LogP contribution is 2.37. The quantitative estimate of drug-likeness (QED) is 0.277. The molecule has 2 heterocycles. The Morgan fingerprint density at radius 2 is 1.69 bits per heavy atom. The lowest BCUT2D eigenvalue weighted by Gasteiger charge is -2.29. The molecule has 0 bridgehead atoms. The predicted octanol–water partition coefficient (Wildman–Crippen LogP) is 6.03. The summed E-state index contributed by atoms with van der Waals surface area (Å²) in [7, 11) is 0. The van der Waals surface area contributed by atoms with Gasteiger partial charge in [-0.25, -0.2) is 4.98 Å². The molecule has 2 aromatic carbocycles. The summed E-state index contributed by atoms with van der Waals surface area (Å²) >= 11 is 2.67. The van der Waals surface area contributed by atoms with Gasteiger partial charge in [0.15, 0.2) is 5.13 Å². The molecule has 4 rings (SSSR count). The normalized spacial score (nSPS) is 15.4. The number of amides is 1. The first-order chi connectivity index (χ1) is 17.0. The number of fused-ring (bicyclic) bond motifs is 1. The predicted molar refractivity (Wildman–Crippen MR) is 127 cm³/mol. The van der Waals surface area contributed by atoms with Gasteiger partial charge in [-0.2, -0.15) is 26.3 Å². The van der Waals surface area contributed by atoms with Crippen LogP contribution in [-0.2, 0) is 17.1 Å². The van der Waals surface area contributed by atoms with Crippen molar-refractivity contribution in [2.75, 3.05) is 50.5 Å². The third kappa shape index (κ3) is 6.13. The maximum atomic E-state index is 13.5. The summed E-state index contributed by atoms with van der Waals surface area (Å²) in [5.41, 5.74) is -3.20. The first kappa shape index (κ1) is 26.7. The van der Waals surface area contributed by atoms with E-state index >= 15 is 0 Å². The summed E-state index contributed by atoms with van der Waals surface area (Å²) in [4.78, 5) is 22.1. The van der Waals surface area contributed by atoms with Gasteiger partial charge < -0.3 is 4.74 Å². The van der Waals surface area contributed by atoms with Gasteiger partial charge in [-0.05, 0) is 42.7 Å². The van der Waals surface area contributed by atoms with Crippen LogP contribution >= 0.6 is 23.1 Å². The number of ether oxygens (including phenoxy) is 1. The third-order valence-electron chi connectivity index (χ3n) is 5.64. The van der Waals surface area contributed by atoms with Gasteiger partial charge in [-0.3, -0.25) is 14.6 Å². The number of nitrogens with zero attached hydrogens (tertiary/aromatic N) is 3.